The highest BCUT2D eigenvalue weighted by atomic mass is 16.6. The molecule has 92 valence electrons. The van der Waals surface area contributed by atoms with Crippen LogP contribution in [-0.4, -0.2) is 10.5 Å². The number of non-ortho nitro benzene ring substituents is 1. The van der Waals surface area contributed by atoms with Crippen LogP contribution in [0.15, 0.2) is 24.3 Å². The zero-order chi connectivity index (χ0) is 12.5. The lowest BCUT2D eigenvalue weighted by Gasteiger charge is -2.24. The van der Waals surface area contributed by atoms with Crippen molar-refractivity contribution in [1.82, 2.24) is 0 Å². The van der Waals surface area contributed by atoms with Crippen LogP contribution < -0.4 is 5.73 Å². The van der Waals surface area contributed by atoms with Crippen molar-refractivity contribution in [1.29, 1.82) is 0 Å². The summed E-state index contributed by atoms with van der Waals surface area (Å²) >= 11 is 0. The average Bonchev–Trinajstić information content (AvgIpc) is 2.59. The van der Waals surface area contributed by atoms with Crippen LogP contribution in [0.4, 0.5) is 5.69 Å². The quantitative estimate of drug-likeness (QED) is 0.645. The van der Waals surface area contributed by atoms with Crippen LogP contribution in [0.5, 0.6) is 0 Å². The van der Waals surface area contributed by atoms with Gasteiger partial charge < -0.3 is 5.73 Å². The van der Waals surface area contributed by atoms with E-state index in [1.54, 1.807) is 12.1 Å². The number of hydrogen-bond donors (Lipinski definition) is 1. The topological polar surface area (TPSA) is 69.2 Å². The molecule has 1 aromatic rings. The summed E-state index contributed by atoms with van der Waals surface area (Å²) in [7, 11) is 0. The number of hydrogen-bond acceptors (Lipinski definition) is 3. The van der Waals surface area contributed by atoms with Crippen LogP contribution >= 0.6 is 0 Å². The number of nitro benzene ring substituents is 1. The first-order valence-corrected chi connectivity index (χ1v) is 6.01. The fourth-order valence-electron chi connectivity index (χ4n) is 2.73. The van der Waals surface area contributed by atoms with Crippen LogP contribution in [0.3, 0.4) is 0 Å². The van der Waals surface area contributed by atoms with E-state index >= 15 is 0 Å². The Bertz CT molecular complexity index is 416. The Morgan fingerprint density at radius 1 is 1.47 bits per heavy atom. The van der Waals surface area contributed by atoms with E-state index in [2.05, 4.69) is 6.92 Å². The fraction of sp³-hybridized carbons (Fsp3) is 0.538. The van der Waals surface area contributed by atoms with Gasteiger partial charge in [0.2, 0.25) is 0 Å². The molecule has 1 aromatic carbocycles. The summed E-state index contributed by atoms with van der Waals surface area (Å²) in [5, 5.41) is 10.5. The number of nitro groups is 1. The number of benzene rings is 1. The molecule has 0 aromatic heterocycles. The number of nitrogens with two attached hydrogens (primary N) is 1. The fourth-order valence-corrected chi connectivity index (χ4v) is 2.73. The van der Waals surface area contributed by atoms with E-state index in [4.69, 9.17) is 5.73 Å². The van der Waals surface area contributed by atoms with Crippen molar-refractivity contribution < 1.29 is 4.92 Å². The second kappa shape index (κ2) is 4.45. The molecule has 1 fully saturated rings. The molecule has 1 aliphatic carbocycles. The van der Waals surface area contributed by atoms with Crippen molar-refractivity contribution in [2.75, 3.05) is 0 Å². The van der Waals surface area contributed by atoms with E-state index in [0.717, 1.165) is 24.8 Å². The third-order valence-corrected chi connectivity index (χ3v) is 3.59. The summed E-state index contributed by atoms with van der Waals surface area (Å²) in [6.45, 7) is 2.23. The summed E-state index contributed by atoms with van der Waals surface area (Å²) < 4.78 is 0. The van der Waals surface area contributed by atoms with Crippen molar-refractivity contribution in [2.24, 2.45) is 11.7 Å². The normalized spacial score (nSPS) is 28.2. The second-order valence-corrected chi connectivity index (χ2v) is 5.31. The molecule has 0 bridgehead atoms. The molecule has 1 saturated carbocycles. The smallest absolute Gasteiger partial charge is 0.269 e. The van der Waals surface area contributed by atoms with Crippen molar-refractivity contribution >= 4 is 5.69 Å². The summed E-state index contributed by atoms with van der Waals surface area (Å²) in [6.07, 6.45) is 4.09. The first kappa shape index (κ1) is 12.0. The highest BCUT2D eigenvalue weighted by Gasteiger charge is 2.33. The zero-order valence-electron chi connectivity index (χ0n) is 10.1. The maximum atomic E-state index is 10.5. The van der Waals surface area contributed by atoms with Crippen molar-refractivity contribution in [2.45, 2.75) is 38.1 Å². The van der Waals surface area contributed by atoms with Gasteiger partial charge in [-0.15, -0.1) is 0 Å². The molecular formula is C13H18N2O2. The molecular weight excluding hydrogens is 216 g/mol. The lowest BCUT2D eigenvalue weighted by molar-refractivity contribution is -0.384. The summed E-state index contributed by atoms with van der Waals surface area (Å²) in [5.41, 5.74) is 7.46. The molecule has 0 spiro atoms. The van der Waals surface area contributed by atoms with Gasteiger partial charge in [-0.25, -0.2) is 0 Å². The minimum Gasteiger partial charge on any atom is -0.325 e. The summed E-state index contributed by atoms with van der Waals surface area (Å²) in [6, 6.07) is 6.74. The van der Waals surface area contributed by atoms with Crippen molar-refractivity contribution in [3.05, 3.63) is 39.9 Å². The molecule has 2 atom stereocenters. The molecule has 0 radical (unpaired) electrons. The van der Waals surface area contributed by atoms with Gasteiger partial charge in [0, 0.05) is 17.7 Å². The Balaban J connectivity index is 2.06. The monoisotopic (exact) mass is 234 g/mol. The Morgan fingerprint density at radius 3 is 2.59 bits per heavy atom. The van der Waals surface area contributed by atoms with Gasteiger partial charge in [0.1, 0.15) is 0 Å². The van der Waals surface area contributed by atoms with Crippen molar-refractivity contribution in [3.8, 4) is 0 Å². The minimum absolute atomic E-state index is 0.116. The lowest BCUT2D eigenvalue weighted by Crippen LogP contribution is -2.39. The average molecular weight is 234 g/mol. The highest BCUT2D eigenvalue weighted by Crippen LogP contribution is 2.34. The minimum atomic E-state index is -0.375. The Hall–Kier alpha value is -1.42. The molecule has 0 saturated heterocycles. The van der Waals surface area contributed by atoms with Gasteiger partial charge in [-0.05, 0) is 37.2 Å². The third kappa shape index (κ3) is 2.82. The molecule has 0 aliphatic heterocycles. The van der Waals surface area contributed by atoms with E-state index < -0.39 is 0 Å². The van der Waals surface area contributed by atoms with Gasteiger partial charge in [-0.1, -0.05) is 19.1 Å². The van der Waals surface area contributed by atoms with E-state index in [1.807, 2.05) is 12.1 Å². The largest absolute Gasteiger partial charge is 0.325 e. The zero-order valence-corrected chi connectivity index (χ0v) is 10.1. The molecule has 0 heterocycles. The van der Waals surface area contributed by atoms with Gasteiger partial charge >= 0.3 is 0 Å². The SMILES string of the molecule is CC1CCC(N)(Cc2ccc([N+](=O)[O-])cc2)C1. The Kier molecular flexibility index (Phi) is 3.15. The third-order valence-electron chi connectivity index (χ3n) is 3.59. The van der Waals surface area contributed by atoms with Gasteiger partial charge in [0.25, 0.3) is 5.69 Å². The molecule has 1 aliphatic rings. The van der Waals surface area contributed by atoms with E-state index in [-0.39, 0.29) is 16.1 Å². The maximum absolute atomic E-state index is 10.5. The van der Waals surface area contributed by atoms with Gasteiger partial charge in [0.15, 0.2) is 0 Å². The first-order chi connectivity index (χ1) is 7.98. The molecule has 4 nitrogen and oxygen atoms in total. The van der Waals surface area contributed by atoms with Crippen LogP contribution in [-0.2, 0) is 6.42 Å². The summed E-state index contributed by atoms with van der Waals surface area (Å²) in [5.74, 6) is 0.693. The number of nitrogens with zero attached hydrogens (tertiary/aromatic N) is 1. The van der Waals surface area contributed by atoms with E-state index in [0.29, 0.717) is 5.92 Å². The molecule has 2 unspecified atom stereocenters. The van der Waals surface area contributed by atoms with Crippen LogP contribution in [0.25, 0.3) is 0 Å². The van der Waals surface area contributed by atoms with Gasteiger partial charge in [-0.3, -0.25) is 10.1 Å². The maximum Gasteiger partial charge on any atom is 0.269 e. The highest BCUT2D eigenvalue weighted by molar-refractivity contribution is 5.33. The van der Waals surface area contributed by atoms with Crippen LogP contribution in [0.2, 0.25) is 0 Å². The predicted molar refractivity (Wildman–Crippen MR) is 66.7 cm³/mol. The Morgan fingerprint density at radius 2 is 2.12 bits per heavy atom. The number of rotatable bonds is 3. The molecule has 17 heavy (non-hydrogen) atoms. The summed E-state index contributed by atoms with van der Waals surface area (Å²) in [4.78, 5) is 10.2. The van der Waals surface area contributed by atoms with Crippen molar-refractivity contribution in [3.63, 3.8) is 0 Å². The molecule has 2 N–H and O–H groups in total. The van der Waals surface area contributed by atoms with Crippen LogP contribution in [0.1, 0.15) is 31.7 Å². The standard InChI is InChI=1S/C13H18N2O2/c1-10-6-7-13(14,8-10)9-11-2-4-12(5-3-11)15(16)17/h2-5,10H,6-9,14H2,1H3. The van der Waals surface area contributed by atoms with Gasteiger partial charge in [0.05, 0.1) is 4.92 Å². The van der Waals surface area contributed by atoms with Crippen LogP contribution in [0, 0.1) is 16.0 Å². The van der Waals surface area contributed by atoms with E-state index in [1.165, 1.54) is 6.42 Å². The first-order valence-electron chi connectivity index (χ1n) is 6.01. The predicted octanol–water partition coefficient (Wildman–Crippen LogP) is 2.65. The Labute approximate surface area is 101 Å². The lowest BCUT2D eigenvalue weighted by atomic mass is 9.89. The second-order valence-electron chi connectivity index (χ2n) is 5.31. The van der Waals surface area contributed by atoms with E-state index in [9.17, 15) is 10.1 Å². The molecule has 0 amide bonds. The molecule has 2 rings (SSSR count). The van der Waals surface area contributed by atoms with Gasteiger partial charge in [-0.2, -0.15) is 0 Å². The molecule has 4 heteroatoms.